The van der Waals surface area contributed by atoms with Gasteiger partial charge in [0, 0.05) is 19.0 Å². The first-order chi connectivity index (χ1) is 6.03. The van der Waals surface area contributed by atoms with Crippen molar-refractivity contribution in [3.05, 3.63) is 9.98 Å². The van der Waals surface area contributed by atoms with E-state index in [0.717, 1.165) is 16.3 Å². The second-order valence-corrected chi connectivity index (χ2v) is 4.96. The lowest BCUT2D eigenvalue weighted by Gasteiger charge is -2.22. The van der Waals surface area contributed by atoms with Crippen molar-refractivity contribution < 1.29 is 4.74 Å². The number of hydrogen-bond acceptors (Lipinski definition) is 4. The summed E-state index contributed by atoms with van der Waals surface area (Å²) in [6, 6.07) is 0. The zero-order valence-electron chi connectivity index (χ0n) is 7.93. The van der Waals surface area contributed by atoms with Crippen LogP contribution in [0.4, 0.5) is 5.13 Å². The molecule has 0 aliphatic carbocycles. The smallest absolute Gasteiger partial charge is 0.183 e. The molecular formula is C8H13BrN2OS. The molecular weight excluding hydrogens is 252 g/mol. The minimum absolute atomic E-state index is 0.155. The molecule has 13 heavy (non-hydrogen) atoms. The molecule has 0 atom stereocenters. The van der Waals surface area contributed by atoms with Crippen LogP contribution in [0.25, 0.3) is 0 Å². The Kier molecular flexibility index (Phi) is 3.70. The molecule has 1 heterocycles. The number of aromatic nitrogens is 1. The number of methoxy groups -OCH3 is 1. The first-order valence-electron chi connectivity index (χ1n) is 3.93. The second kappa shape index (κ2) is 4.39. The Morgan fingerprint density at radius 3 is 2.85 bits per heavy atom. The van der Waals surface area contributed by atoms with Gasteiger partial charge in [0.25, 0.3) is 0 Å². The summed E-state index contributed by atoms with van der Waals surface area (Å²) >= 11 is 4.87. The Balaban J connectivity index is 2.43. The van der Waals surface area contributed by atoms with Crippen LogP contribution in [0.3, 0.4) is 0 Å². The molecule has 0 aromatic carbocycles. The van der Waals surface area contributed by atoms with E-state index in [1.165, 1.54) is 0 Å². The van der Waals surface area contributed by atoms with Crippen molar-refractivity contribution >= 4 is 32.4 Å². The number of thiazole rings is 1. The van der Waals surface area contributed by atoms with E-state index in [2.05, 4.69) is 26.2 Å². The molecule has 0 fully saturated rings. The van der Waals surface area contributed by atoms with E-state index in [1.54, 1.807) is 18.4 Å². The van der Waals surface area contributed by atoms with Gasteiger partial charge in [-0.25, -0.2) is 4.98 Å². The highest BCUT2D eigenvalue weighted by Crippen LogP contribution is 2.20. The normalized spacial score (nSPS) is 11.7. The number of anilines is 1. The van der Waals surface area contributed by atoms with E-state index in [1.807, 2.05) is 19.2 Å². The fraction of sp³-hybridized carbons (Fsp3) is 0.625. The maximum absolute atomic E-state index is 5.27. The molecule has 0 bridgehead atoms. The molecule has 0 saturated heterocycles. The van der Waals surface area contributed by atoms with Crippen molar-refractivity contribution in [2.45, 2.75) is 19.4 Å². The van der Waals surface area contributed by atoms with Crippen molar-refractivity contribution in [1.29, 1.82) is 0 Å². The minimum atomic E-state index is -0.155. The van der Waals surface area contributed by atoms with Crippen molar-refractivity contribution in [3.8, 4) is 0 Å². The average Bonchev–Trinajstić information content (AvgIpc) is 2.48. The average molecular weight is 265 g/mol. The monoisotopic (exact) mass is 264 g/mol. The van der Waals surface area contributed by atoms with Gasteiger partial charge in [-0.2, -0.15) is 0 Å². The molecule has 1 rings (SSSR count). The quantitative estimate of drug-likeness (QED) is 0.908. The van der Waals surface area contributed by atoms with Gasteiger partial charge in [-0.3, -0.25) is 0 Å². The highest BCUT2D eigenvalue weighted by molar-refractivity contribution is 9.10. The van der Waals surface area contributed by atoms with Crippen LogP contribution in [0, 0.1) is 0 Å². The number of ether oxygens (including phenoxy) is 1. The fourth-order valence-electron chi connectivity index (χ4n) is 0.696. The maximum atomic E-state index is 5.27. The molecule has 74 valence electrons. The molecule has 0 radical (unpaired) electrons. The largest absolute Gasteiger partial charge is 0.377 e. The van der Waals surface area contributed by atoms with Crippen LogP contribution in [-0.2, 0) is 4.74 Å². The molecule has 0 amide bonds. The zero-order chi connectivity index (χ0) is 9.90. The van der Waals surface area contributed by atoms with E-state index in [4.69, 9.17) is 4.74 Å². The van der Waals surface area contributed by atoms with Gasteiger partial charge in [0.15, 0.2) is 5.13 Å². The molecule has 0 aliphatic heterocycles. The lowest BCUT2D eigenvalue weighted by molar-refractivity contribution is 0.0344. The number of nitrogens with zero attached hydrogens (tertiary/aromatic N) is 1. The number of halogens is 1. The first-order valence-corrected chi connectivity index (χ1v) is 5.61. The van der Waals surface area contributed by atoms with Gasteiger partial charge in [-0.05, 0) is 29.8 Å². The van der Waals surface area contributed by atoms with Crippen LogP contribution < -0.4 is 5.32 Å². The van der Waals surface area contributed by atoms with E-state index >= 15 is 0 Å². The summed E-state index contributed by atoms with van der Waals surface area (Å²) in [4.78, 5) is 4.22. The Labute approximate surface area is 90.6 Å². The molecule has 0 saturated carbocycles. The number of rotatable bonds is 4. The van der Waals surface area contributed by atoms with Crippen molar-refractivity contribution in [1.82, 2.24) is 4.98 Å². The van der Waals surface area contributed by atoms with Crippen LogP contribution in [0.2, 0.25) is 0 Å². The van der Waals surface area contributed by atoms with Crippen molar-refractivity contribution in [3.63, 3.8) is 0 Å². The van der Waals surface area contributed by atoms with Gasteiger partial charge in [0.05, 0.1) is 5.60 Å². The topological polar surface area (TPSA) is 34.1 Å². The summed E-state index contributed by atoms with van der Waals surface area (Å²) in [7, 11) is 1.71. The maximum Gasteiger partial charge on any atom is 0.183 e. The van der Waals surface area contributed by atoms with E-state index < -0.39 is 0 Å². The van der Waals surface area contributed by atoms with Gasteiger partial charge < -0.3 is 10.1 Å². The first kappa shape index (κ1) is 10.9. The summed E-state index contributed by atoms with van der Waals surface area (Å²) in [5.74, 6) is 0. The highest BCUT2D eigenvalue weighted by atomic mass is 79.9. The van der Waals surface area contributed by atoms with Crippen LogP contribution in [0.15, 0.2) is 9.98 Å². The molecule has 1 aromatic heterocycles. The van der Waals surface area contributed by atoms with Crippen molar-refractivity contribution in [2.75, 3.05) is 19.0 Å². The van der Waals surface area contributed by atoms with Crippen LogP contribution in [-0.4, -0.2) is 24.2 Å². The van der Waals surface area contributed by atoms with Gasteiger partial charge in [-0.15, -0.1) is 11.3 Å². The van der Waals surface area contributed by atoms with Crippen LogP contribution in [0.5, 0.6) is 0 Å². The zero-order valence-corrected chi connectivity index (χ0v) is 10.3. The number of nitrogens with one attached hydrogen (secondary N) is 1. The van der Waals surface area contributed by atoms with Gasteiger partial charge in [0.1, 0.15) is 4.60 Å². The predicted molar refractivity (Wildman–Crippen MR) is 59.4 cm³/mol. The minimum Gasteiger partial charge on any atom is -0.377 e. The Morgan fingerprint density at radius 1 is 1.69 bits per heavy atom. The second-order valence-electron chi connectivity index (χ2n) is 3.29. The molecule has 1 aromatic rings. The highest BCUT2D eigenvalue weighted by Gasteiger charge is 2.16. The number of hydrogen-bond donors (Lipinski definition) is 1. The third-order valence-corrected chi connectivity index (χ3v) is 3.20. The fourth-order valence-corrected chi connectivity index (χ4v) is 1.84. The van der Waals surface area contributed by atoms with Crippen LogP contribution in [0.1, 0.15) is 13.8 Å². The lowest BCUT2D eigenvalue weighted by atomic mass is 10.1. The van der Waals surface area contributed by atoms with Gasteiger partial charge >= 0.3 is 0 Å². The van der Waals surface area contributed by atoms with Gasteiger partial charge in [0.2, 0.25) is 0 Å². The molecule has 0 spiro atoms. The summed E-state index contributed by atoms with van der Waals surface area (Å²) in [5, 5.41) is 6.07. The summed E-state index contributed by atoms with van der Waals surface area (Å²) in [6.07, 6.45) is 0. The standard InChI is InChI=1S/C8H13BrN2OS/c1-8(2,12-3)5-10-7-11-6(9)4-13-7/h4H,5H2,1-3H3,(H,10,11). The van der Waals surface area contributed by atoms with Crippen LogP contribution >= 0.6 is 27.3 Å². The Bertz CT molecular complexity index is 275. The molecule has 5 heteroatoms. The molecule has 3 nitrogen and oxygen atoms in total. The third-order valence-electron chi connectivity index (χ3n) is 1.69. The summed E-state index contributed by atoms with van der Waals surface area (Å²) in [5.41, 5.74) is -0.155. The van der Waals surface area contributed by atoms with E-state index in [9.17, 15) is 0 Å². The van der Waals surface area contributed by atoms with E-state index in [-0.39, 0.29) is 5.60 Å². The molecule has 1 N–H and O–H groups in total. The molecule has 0 aliphatic rings. The third kappa shape index (κ3) is 3.62. The van der Waals surface area contributed by atoms with Gasteiger partial charge in [-0.1, -0.05) is 0 Å². The van der Waals surface area contributed by atoms with E-state index in [0.29, 0.717) is 0 Å². The predicted octanol–water partition coefficient (Wildman–Crippen LogP) is 2.74. The Morgan fingerprint density at radius 2 is 2.38 bits per heavy atom. The Hall–Kier alpha value is -0.130. The molecule has 0 unspecified atom stereocenters. The van der Waals surface area contributed by atoms with Crippen molar-refractivity contribution in [2.24, 2.45) is 0 Å². The SMILES string of the molecule is COC(C)(C)CNc1nc(Br)cs1. The lowest BCUT2D eigenvalue weighted by Crippen LogP contribution is -2.31. The summed E-state index contributed by atoms with van der Waals surface area (Å²) in [6.45, 7) is 4.81. The summed E-state index contributed by atoms with van der Waals surface area (Å²) < 4.78 is 6.14.